The van der Waals surface area contributed by atoms with E-state index in [2.05, 4.69) is 21.2 Å². The third-order valence-electron chi connectivity index (χ3n) is 4.99. The van der Waals surface area contributed by atoms with Crippen molar-refractivity contribution < 1.29 is 28.2 Å². The molecule has 1 N–H and O–H groups in total. The number of rotatable bonds is 9. The molecule has 0 bridgehead atoms. The zero-order valence-corrected chi connectivity index (χ0v) is 21.3. The average Bonchev–Trinajstić information content (AvgIpc) is 3.08. The molecule has 1 saturated heterocycles. The van der Waals surface area contributed by atoms with E-state index >= 15 is 0 Å². The number of benzene rings is 2. The zero-order chi connectivity index (χ0) is 24.8. The number of hydrogen-bond donors (Lipinski definition) is 1. The minimum absolute atomic E-state index is 0.183. The molecule has 1 heterocycles. The molecule has 7 nitrogen and oxygen atoms in total. The number of nitrogens with zero attached hydrogens (tertiary/aromatic N) is 1. The van der Waals surface area contributed by atoms with Crippen molar-refractivity contribution in [3.63, 3.8) is 0 Å². The molecule has 3 rings (SSSR count). The quantitative estimate of drug-likeness (QED) is 0.395. The van der Waals surface area contributed by atoms with E-state index in [1.807, 2.05) is 20.8 Å². The van der Waals surface area contributed by atoms with Gasteiger partial charge in [-0.15, -0.1) is 0 Å². The van der Waals surface area contributed by atoms with Crippen LogP contribution in [0.5, 0.6) is 11.5 Å². The molecule has 2 aromatic rings. The fraction of sp³-hybridized carbons (Fsp3) is 0.292. The van der Waals surface area contributed by atoms with Gasteiger partial charge in [0, 0.05) is 16.2 Å². The first-order valence-corrected chi connectivity index (χ1v) is 12.3. The molecule has 0 spiro atoms. The molecule has 2 aromatic carbocycles. The number of carbonyl (C=O) groups excluding carboxylic acids is 3. The maximum absolute atomic E-state index is 13.0. The van der Waals surface area contributed by atoms with Crippen LogP contribution in [-0.2, 0) is 9.59 Å². The number of thioether (sulfide) groups is 1. The van der Waals surface area contributed by atoms with Gasteiger partial charge in [-0.2, -0.15) is 0 Å². The predicted octanol–water partition coefficient (Wildman–Crippen LogP) is 5.84. The summed E-state index contributed by atoms with van der Waals surface area (Å²) in [5, 5.41) is 2.33. The van der Waals surface area contributed by atoms with E-state index in [0.717, 1.165) is 11.8 Å². The number of anilines is 1. The molecule has 1 aliphatic rings. The first-order valence-electron chi connectivity index (χ1n) is 10.6. The van der Waals surface area contributed by atoms with Gasteiger partial charge in [-0.25, -0.2) is 4.39 Å². The van der Waals surface area contributed by atoms with Crippen LogP contribution in [0.25, 0.3) is 6.08 Å². The Kier molecular flexibility index (Phi) is 8.73. The van der Waals surface area contributed by atoms with Crippen LogP contribution >= 0.6 is 27.7 Å². The van der Waals surface area contributed by atoms with E-state index in [-0.39, 0.29) is 23.8 Å². The van der Waals surface area contributed by atoms with E-state index in [0.29, 0.717) is 45.2 Å². The van der Waals surface area contributed by atoms with Crippen molar-refractivity contribution in [1.29, 1.82) is 0 Å². The van der Waals surface area contributed by atoms with Crippen molar-refractivity contribution in [3.8, 4) is 11.5 Å². The normalized spacial score (nSPS) is 15.6. The molecule has 1 fully saturated rings. The number of ether oxygens (including phenoxy) is 2. The van der Waals surface area contributed by atoms with Crippen LogP contribution in [0.3, 0.4) is 0 Å². The van der Waals surface area contributed by atoms with Crippen LogP contribution in [0.2, 0.25) is 0 Å². The lowest BCUT2D eigenvalue weighted by molar-refractivity contribution is -0.124. The molecule has 0 unspecified atom stereocenters. The lowest BCUT2D eigenvalue weighted by Crippen LogP contribution is -2.36. The van der Waals surface area contributed by atoms with Gasteiger partial charge in [0.2, 0.25) is 0 Å². The summed E-state index contributed by atoms with van der Waals surface area (Å²) in [4.78, 5) is 38.9. The third-order valence-corrected chi connectivity index (χ3v) is 6.56. The Morgan fingerprint density at radius 3 is 2.50 bits per heavy atom. The average molecular weight is 551 g/mol. The molecule has 0 aliphatic carbocycles. The van der Waals surface area contributed by atoms with Gasteiger partial charge in [-0.05, 0) is 80.1 Å². The highest BCUT2D eigenvalue weighted by atomic mass is 79.9. The highest BCUT2D eigenvalue weighted by Crippen LogP contribution is 2.39. The lowest BCUT2D eigenvalue weighted by atomic mass is 10.1. The standard InChI is InChI=1S/C24H24BrFN2O5S/c1-4-14(3)28-23(30)21(34-24(28)31)11-15-10-19(32-5-2)20(12-18(15)25)33-13-22(29)27-17-8-6-16(26)7-9-17/h6-12,14H,4-5,13H2,1-3H3,(H,27,29)/b21-11+/t14-/m1/s1. The molecule has 10 heteroatoms. The number of halogens is 2. The topological polar surface area (TPSA) is 84.9 Å². The second kappa shape index (κ2) is 11.5. The van der Waals surface area contributed by atoms with Crippen LogP contribution in [0.1, 0.15) is 32.8 Å². The second-order valence-electron chi connectivity index (χ2n) is 7.41. The van der Waals surface area contributed by atoms with Crippen LogP contribution in [0.4, 0.5) is 14.9 Å². The van der Waals surface area contributed by atoms with Gasteiger partial charge in [-0.3, -0.25) is 19.3 Å². The van der Waals surface area contributed by atoms with Crippen molar-refractivity contribution in [2.75, 3.05) is 18.5 Å². The summed E-state index contributed by atoms with van der Waals surface area (Å²) < 4.78 is 24.9. The van der Waals surface area contributed by atoms with Crippen molar-refractivity contribution in [2.24, 2.45) is 0 Å². The molecule has 34 heavy (non-hydrogen) atoms. The number of imide groups is 1. The lowest BCUT2D eigenvalue weighted by Gasteiger charge is -2.19. The smallest absolute Gasteiger partial charge is 0.293 e. The van der Waals surface area contributed by atoms with Crippen molar-refractivity contribution >= 4 is 56.5 Å². The van der Waals surface area contributed by atoms with Crippen LogP contribution in [-0.4, -0.2) is 41.2 Å². The second-order valence-corrected chi connectivity index (χ2v) is 9.25. The van der Waals surface area contributed by atoms with E-state index in [4.69, 9.17) is 9.47 Å². The number of carbonyl (C=O) groups is 3. The largest absolute Gasteiger partial charge is 0.490 e. The van der Waals surface area contributed by atoms with Gasteiger partial charge >= 0.3 is 0 Å². The molecular weight excluding hydrogens is 527 g/mol. The molecular formula is C24H24BrFN2O5S. The Morgan fingerprint density at radius 1 is 1.18 bits per heavy atom. The maximum Gasteiger partial charge on any atom is 0.293 e. The van der Waals surface area contributed by atoms with Crippen LogP contribution < -0.4 is 14.8 Å². The summed E-state index contributed by atoms with van der Waals surface area (Å²) in [6.45, 7) is 5.62. The van der Waals surface area contributed by atoms with E-state index in [1.165, 1.54) is 29.2 Å². The van der Waals surface area contributed by atoms with Gasteiger partial charge in [0.25, 0.3) is 17.1 Å². The SMILES string of the molecule is CCOc1cc(/C=C2/SC(=O)N([C@H](C)CC)C2=O)c(Br)cc1OCC(=O)Nc1ccc(F)cc1. The summed E-state index contributed by atoms with van der Waals surface area (Å²) in [7, 11) is 0. The van der Waals surface area contributed by atoms with Crippen molar-refractivity contribution in [2.45, 2.75) is 33.2 Å². The summed E-state index contributed by atoms with van der Waals surface area (Å²) in [5.41, 5.74) is 1.07. The molecule has 0 radical (unpaired) electrons. The number of amides is 3. The van der Waals surface area contributed by atoms with E-state index < -0.39 is 11.7 Å². The van der Waals surface area contributed by atoms with Crippen molar-refractivity contribution in [3.05, 3.63) is 57.2 Å². The molecule has 180 valence electrons. The Morgan fingerprint density at radius 2 is 1.85 bits per heavy atom. The molecule has 3 amide bonds. The molecule has 1 atom stereocenters. The van der Waals surface area contributed by atoms with E-state index in [9.17, 15) is 18.8 Å². The Bertz CT molecular complexity index is 1120. The first kappa shape index (κ1) is 25.8. The number of hydrogen-bond acceptors (Lipinski definition) is 6. The van der Waals surface area contributed by atoms with Crippen molar-refractivity contribution in [1.82, 2.24) is 4.90 Å². The maximum atomic E-state index is 13.0. The molecule has 1 aliphatic heterocycles. The Hall–Kier alpha value is -2.85. The summed E-state index contributed by atoms with van der Waals surface area (Å²) >= 11 is 4.36. The minimum atomic E-state index is -0.423. The summed E-state index contributed by atoms with van der Waals surface area (Å²) in [5.74, 6) is -0.439. The van der Waals surface area contributed by atoms with Gasteiger partial charge in [0.1, 0.15) is 5.82 Å². The fourth-order valence-corrected chi connectivity index (χ4v) is 4.46. The van der Waals surface area contributed by atoms with Crippen LogP contribution in [0.15, 0.2) is 45.8 Å². The summed E-state index contributed by atoms with van der Waals surface area (Å²) in [6.07, 6.45) is 2.30. The zero-order valence-electron chi connectivity index (χ0n) is 18.9. The summed E-state index contributed by atoms with van der Waals surface area (Å²) in [6, 6.07) is 8.53. The van der Waals surface area contributed by atoms with Crippen LogP contribution in [0, 0.1) is 5.82 Å². The highest BCUT2D eigenvalue weighted by molar-refractivity contribution is 9.10. The van der Waals surface area contributed by atoms with E-state index in [1.54, 1.807) is 18.2 Å². The number of nitrogens with one attached hydrogen (secondary N) is 1. The Labute approximate surface area is 209 Å². The third kappa shape index (κ3) is 6.18. The minimum Gasteiger partial charge on any atom is -0.490 e. The highest BCUT2D eigenvalue weighted by Gasteiger charge is 2.37. The Balaban J connectivity index is 1.77. The van der Waals surface area contributed by atoms with Gasteiger partial charge in [-0.1, -0.05) is 22.9 Å². The van der Waals surface area contributed by atoms with Gasteiger partial charge < -0.3 is 14.8 Å². The van der Waals surface area contributed by atoms with Gasteiger partial charge in [0.15, 0.2) is 18.1 Å². The molecule has 0 saturated carbocycles. The predicted molar refractivity (Wildman–Crippen MR) is 133 cm³/mol. The molecule has 0 aromatic heterocycles. The monoisotopic (exact) mass is 550 g/mol. The first-order chi connectivity index (χ1) is 16.2. The van der Waals surface area contributed by atoms with Gasteiger partial charge in [0.05, 0.1) is 11.5 Å². The fourth-order valence-electron chi connectivity index (χ4n) is 3.10.